The summed E-state index contributed by atoms with van der Waals surface area (Å²) >= 11 is 0. The molecule has 1 heterocycles. The number of rotatable bonds is 0. The Labute approximate surface area is 82.1 Å². The summed E-state index contributed by atoms with van der Waals surface area (Å²) in [6.45, 7) is 1.41. The van der Waals surface area contributed by atoms with Crippen LogP contribution in [0.5, 0.6) is 0 Å². The smallest absolute Gasteiger partial charge is 0.351 e. The lowest BCUT2D eigenvalue weighted by atomic mass is 10.1. The summed E-state index contributed by atoms with van der Waals surface area (Å²) in [6.07, 6.45) is 6.04. The number of nitrogens with two attached hydrogens (primary N) is 1. The summed E-state index contributed by atoms with van der Waals surface area (Å²) in [5.74, 6) is -2.89. The minimum atomic E-state index is -2.07. The number of carboxylic acid groups (broad SMARTS) is 2. The van der Waals surface area contributed by atoms with Gasteiger partial charge in [-0.1, -0.05) is 0 Å². The van der Waals surface area contributed by atoms with Crippen molar-refractivity contribution in [3.8, 4) is 0 Å². The van der Waals surface area contributed by atoms with E-state index < -0.39 is 11.9 Å². The standard InChI is InChI=1S/C7H13N.C2H2O4/c1-2-6-4-5-8-7(6)3-1;3-1(4)2(5)6/h6-8H,1-5H2;(H,3,4)(H,5,6). The summed E-state index contributed by atoms with van der Waals surface area (Å²) in [5, 5.41) is 18.9. The first-order valence-corrected chi connectivity index (χ1v) is 4.89. The fraction of sp³-hybridized carbons (Fsp3) is 0.778. The lowest BCUT2D eigenvalue weighted by Crippen LogP contribution is -2.86. The molecule has 2 atom stereocenters. The highest BCUT2D eigenvalue weighted by atomic mass is 16.4. The van der Waals surface area contributed by atoms with Crippen LogP contribution >= 0.6 is 0 Å². The van der Waals surface area contributed by atoms with E-state index in [1.165, 1.54) is 32.2 Å². The minimum absolute atomic E-state index is 1.05. The maximum Gasteiger partial charge on any atom is 0.351 e. The topological polar surface area (TPSA) is 94.0 Å². The van der Waals surface area contributed by atoms with Gasteiger partial charge in [0.05, 0.1) is 12.6 Å². The third kappa shape index (κ3) is 2.99. The van der Waals surface area contributed by atoms with Crippen molar-refractivity contribution in [3.63, 3.8) is 0 Å². The molecule has 2 fully saturated rings. The van der Waals surface area contributed by atoms with Crippen molar-refractivity contribution >= 4 is 11.9 Å². The van der Waals surface area contributed by atoms with Crippen molar-refractivity contribution in [2.75, 3.05) is 6.54 Å². The van der Waals surface area contributed by atoms with Crippen LogP contribution in [0.3, 0.4) is 0 Å². The Kier molecular flexibility index (Phi) is 3.88. The summed E-state index contributed by atoms with van der Waals surface area (Å²) in [6, 6.07) is 1.05. The monoisotopic (exact) mass is 201 g/mol. The van der Waals surface area contributed by atoms with Gasteiger partial charge in [-0.3, -0.25) is 0 Å². The predicted octanol–water partition coefficient (Wildman–Crippen LogP) is -2.06. The summed E-state index contributed by atoms with van der Waals surface area (Å²) in [7, 11) is 0. The van der Waals surface area contributed by atoms with Crippen molar-refractivity contribution in [2.24, 2.45) is 5.92 Å². The van der Waals surface area contributed by atoms with Crippen molar-refractivity contribution in [1.82, 2.24) is 0 Å². The minimum Gasteiger partial charge on any atom is -0.539 e. The van der Waals surface area contributed by atoms with E-state index in [0.29, 0.717) is 0 Å². The lowest BCUT2D eigenvalue weighted by molar-refractivity contribution is -0.671. The molecule has 1 saturated carbocycles. The van der Waals surface area contributed by atoms with Crippen LogP contribution in [-0.4, -0.2) is 29.6 Å². The van der Waals surface area contributed by atoms with E-state index in [1.54, 1.807) is 0 Å². The van der Waals surface area contributed by atoms with Crippen molar-refractivity contribution in [2.45, 2.75) is 31.7 Å². The molecule has 0 aromatic rings. The SMILES string of the molecule is C1CC2CC[NH2+]C2C1.O=C([O-])C(=O)O. The van der Waals surface area contributed by atoms with Gasteiger partial charge in [-0.2, -0.15) is 0 Å². The van der Waals surface area contributed by atoms with E-state index >= 15 is 0 Å². The highest BCUT2D eigenvalue weighted by Crippen LogP contribution is 2.27. The van der Waals surface area contributed by atoms with E-state index in [0.717, 1.165) is 12.0 Å². The van der Waals surface area contributed by atoms with Gasteiger partial charge in [0.2, 0.25) is 0 Å². The quantitative estimate of drug-likeness (QED) is 0.441. The number of quaternary nitrogens is 1. The Morgan fingerprint density at radius 1 is 1.29 bits per heavy atom. The summed E-state index contributed by atoms with van der Waals surface area (Å²) in [5.41, 5.74) is 0. The number of fused-ring (bicyclic) bond motifs is 1. The Balaban J connectivity index is 0.000000149. The Hall–Kier alpha value is -1.10. The Bertz CT molecular complexity index is 197. The van der Waals surface area contributed by atoms with Crippen LogP contribution in [0.4, 0.5) is 0 Å². The second-order valence-electron chi connectivity index (χ2n) is 3.76. The molecule has 80 valence electrons. The zero-order chi connectivity index (χ0) is 10.6. The number of hydrogen-bond acceptors (Lipinski definition) is 3. The van der Waals surface area contributed by atoms with Gasteiger partial charge in [0, 0.05) is 12.3 Å². The maximum absolute atomic E-state index is 9.04. The zero-order valence-corrected chi connectivity index (χ0v) is 7.94. The molecule has 0 spiro atoms. The van der Waals surface area contributed by atoms with E-state index in [2.05, 4.69) is 5.32 Å². The molecule has 2 rings (SSSR count). The Morgan fingerprint density at radius 3 is 2.43 bits per heavy atom. The molecule has 1 aliphatic carbocycles. The fourth-order valence-electron chi connectivity index (χ4n) is 2.26. The average Bonchev–Trinajstić information content (AvgIpc) is 2.63. The zero-order valence-electron chi connectivity index (χ0n) is 7.94. The molecular weight excluding hydrogens is 186 g/mol. The molecule has 0 bridgehead atoms. The van der Waals surface area contributed by atoms with Crippen molar-refractivity contribution in [3.05, 3.63) is 0 Å². The first kappa shape index (κ1) is 11.0. The van der Waals surface area contributed by atoms with Gasteiger partial charge in [0.15, 0.2) is 5.97 Å². The highest BCUT2D eigenvalue weighted by Gasteiger charge is 2.34. The van der Waals surface area contributed by atoms with Gasteiger partial charge in [-0.05, 0) is 19.3 Å². The van der Waals surface area contributed by atoms with Crippen LogP contribution in [0.15, 0.2) is 0 Å². The van der Waals surface area contributed by atoms with Crippen LogP contribution in [0, 0.1) is 5.92 Å². The molecule has 1 saturated heterocycles. The van der Waals surface area contributed by atoms with Crippen molar-refractivity contribution < 1.29 is 25.1 Å². The summed E-state index contributed by atoms with van der Waals surface area (Å²) < 4.78 is 0. The fourth-order valence-corrected chi connectivity index (χ4v) is 2.26. The van der Waals surface area contributed by atoms with Crippen LogP contribution in [0.1, 0.15) is 25.7 Å². The molecule has 0 aromatic carbocycles. The molecule has 0 aromatic heterocycles. The second-order valence-corrected chi connectivity index (χ2v) is 3.76. The van der Waals surface area contributed by atoms with E-state index in [1.807, 2.05) is 0 Å². The second kappa shape index (κ2) is 4.95. The molecule has 0 amide bonds. The number of carbonyl (C=O) groups excluding carboxylic acids is 1. The molecular formula is C9H15NO4. The molecule has 14 heavy (non-hydrogen) atoms. The molecule has 5 heteroatoms. The van der Waals surface area contributed by atoms with Crippen LogP contribution in [0.2, 0.25) is 0 Å². The molecule has 3 N–H and O–H groups in total. The predicted molar refractivity (Wildman–Crippen MR) is 45.2 cm³/mol. The van der Waals surface area contributed by atoms with Crippen LogP contribution in [-0.2, 0) is 9.59 Å². The van der Waals surface area contributed by atoms with E-state index in [9.17, 15) is 0 Å². The van der Waals surface area contributed by atoms with E-state index in [-0.39, 0.29) is 0 Å². The van der Waals surface area contributed by atoms with E-state index in [4.69, 9.17) is 19.8 Å². The highest BCUT2D eigenvalue weighted by molar-refractivity contribution is 6.26. The average molecular weight is 201 g/mol. The number of hydrogen-bond donors (Lipinski definition) is 2. The van der Waals surface area contributed by atoms with Crippen molar-refractivity contribution in [1.29, 1.82) is 0 Å². The first-order chi connectivity index (χ1) is 6.61. The van der Waals surface area contributed by atoms with Gasteiger partial charge >= 0.3 is 5.97 Å². The van der Waals surface area contributed by atoms with Gasteiger partial charge in [-0.25, -0.2) is 4.79 Å². The molecule has 1 aliphatic heterocycles. The summed E-state index contributed by atoms with van der Waals surface area (Å²) in [4.78, 5) is 18.0. The Morgan fingerprint density at radius 2 is 1.93 bits per heavy atom. The maximum atomic E-state index is 9.04. The van der Waals surface area contributed by atoms with Gasteiger partial charge in [0.25, 0.3) is 0 Å². The largest absolute Gasteiger partial charge is 0.539 e. The first-order valence-electron chi connectivity index (χ1n) is 4.89. The third-order valence-corrected chi connectivity index (χ3v) is 2.90. The molecule has 0 radical (unpaired) electrons. The third-order valence-electron chi connectivity index (χ3n) is 2.90. The molecule has 5 nitrogen and oxygen atoms in total. The number of carboxylic acids is 2. The number of carbonyl (C=O) groups is 2. The van der Waals surface area contributed by atoms with Crippen LogP contribution in [0.25, 0.3) is 0 Å². The van der Waals surface area contributed by atoms with Gasteiger partial charge < -0.3 is 20.3 Å². The normalized spacial score (nSPS) is 28.9. The number of aliphatic carboxylic acids is 2. The van der Waals surface area contributed by atoms with Crippen LogP contribution < -0.4 is 10.4 Å². The van der Waals surface area contributed by atoms with Gasteiger partial charge in [0.1, 0.15) is 0 Å². The molecule has 2 aliphatic rings. The lowest BCUT2D eigenvalue weighted by Gasteiger charge is -2.01. The molecule has 2 unspecified atom stereocenters. The van der Waals surface area contributed by atoms with Gasteiger partial charge in [-0.15, -0.1) is 0 Å².